The average molecular weight is 337 g/mol. The Labute approximate surface area is 149 Å². The summed E-state index contributed by atoms with van der Waals surface area (Å²) < 4.78 is 5.43. The summed E-state index contributed by atoms with van der Waals surface area (Å²) in [5.41, 5.74) is 1.99. The molecule has 0 amide bonds. The maximum Gasteiger partial charge on any atom is 0.162 e. The van der Waals surface area contributed by atoms with Crippen molar-refractivity contribution in [3.8, 4) is 12.3 Å². The summed E-state index contributed by atoms with van der Waals surface area (Å²) in [6, 6.07) is 0. The molecule has 1 aromatic rings. The number of aromatic nitrogens is 1. The zero-order valence-corrected chi connectivity index (χ0v) is 15.2. The highest BCUT2D eigenvalue weighted by Gasteiger charge is 2.63. The molecular weight excluding hydrogens is 310 g/mol. The Hall–Kier alpha value is -1.53. The maximum atomic E-state index is 11.1. The van der Waals surface area contributed by atoms with Crippen LogP contribution in [-0.4, -0.2) is 15.9 Å². The Kier molecular flexibility index (Phi) is 3.01. The van der Waals surface area contributed by atoms with Crippen LogP contribution >= 0.6 is 0 Å². The van der Waals surface area contributed by atoms with Gasteiger partial charge in [0.2, 0.25) is 0 Å². The van der Waals surface area contributed by atoms with Gasteiger partial charge in [-0.1, -0.05) is 30.5 Å². The Morgan fingerprint density at radius 2 is 2.04 bits per heavy atom. The standard InChI is InChI=1S/C22H27NO2/c1-4-22(24)10-8-18-16-6-5-15-11-19-14(13-23-25-19)12-20(15,2)17(16)7-9-21(18,22)3/h1,11,13,16-18,24H,5-10,12H2,2-3H3/t16-,17-,18-,20+,21+,22+/m1/s1. The predicted molar refractivity (Wildman–Crippen MR) is 96.4 cm³/mol. The van der Waals surface area contributed by atoms with E-state index in [1.165, 1.54) is 12.0 Å². The van der Waals surface area contributed by atoms with Gasteiger partial charge in [-0.05, 0) is 74.2 Å². The molecule has 0 aromatic carbocycles. The second-order valence-electron chi connectivity index (χ2n) is 9.39. The lowest BCUT2D eigenvalue weighted by Crippen LogP contribution is -2.54. The number of hydrogen-bond donors (Lipinski definition) is 1. The number of terminal acetylenes is 1. The van der Waals surface area contributed by atoms with Gasteiger partial charge in [0.15, 0.2) is 5.76 Å². The van der Waals surface area contributed by atoms with Gasteiger partial charge >= 0.3 is 0 Å². The van der Waals surface area contributed by atoms with Crippen molar-refractivity contribution in [1.29, 1.82) is 0 Å². The van der Waals surface area contributed by atoms with Crippen molar-refractivity contribution in [3.63, 3.8) is 0 Å². The van der Waals surface area contributed by atoms with Crippen LogP contribution in [-0.2, 0) is 6.42 Å². The van der Waals surface area contributed by atoms with Gasteiger partial charge in [-0.3, -0.25) is 0 Å². The van der Waals surface area contributed by atoms with Crippen molar-refractivity contribution in [2.75, 3.05) is 0 Å². The van der Waals surface area contributed by atoms with Crippen LogP contribution in [0.3, 0.4) is 0 Å². The molecule has 0 bridgehead atoms. The molecule has 4 aliphatic carbocycles. The Morgan fingerprint density at radius 3 is 2.84 bits per heavy atom. The molecule has 0 unspecified atom stereocenters. The summed E-state index contributed by atoms with van der Waals surface area (Å²) in [5, 5.41) is 15.1. The largest absolute Gasteiger partial charge is 0.377 e. The Bertz CT molecular complexity index is 801. The van der Waals surface area contributed by atoms with E-state index in [9.17, 15) is 5.11 Å². The smallest absolute Gasteiger partial charge is 0.162 e. The normalized spacial score (nSPS) is 47.8. The molecule has 1 aromatic heterocycles. The van der Waals surface area contributed by atoms with Gasteiger partial charge in [0, 0.05) is 11.0 Å². The van der Waals surface area contributed by atoms with Crippen LogP contribution < -0.4 is 0 Å². The van der Waals surface area contributed by atoms with Gasteiger partial charge in [-0.15, -0.1) is 6.42 Å². The number of nitrogens with zero attached hydrogens (tertiary/aromatic N) is 1. The van der Waals surface area contributed by atoms with Crippen molar-refractivity contribution in [3.05, 3.63) is 23.1 Å². The first-order valence-electron chi connectivity index (χ1n) is 9.76. The zero-order valence-electron chi connectivity index (χ0n) is 15.2. The molecular formula is C22H27NO2. The van der Waals surface area contributed by atoms with E-state index in [4.69, 9.17) is 10.9 Å². The molecule has 5 rings (SSSR count). The molecule has 3 saturated carbocycles. The monoisotopic (exact) mass is 337 g/mol. The highest BCUT2D eigenvalue weighted by Crippen LogP contribution is 2.67. The van der Waals surface area contributed by atoms with E-state index in [2.05, 4.69) is 31.0 Å². The van der Waals surface area contributed by atoms with Crippen molar-refractivity contribution in [2.45, 2.75) is 64.4 Å². The van der Waals surface area contributed by atoms with Crippen LogP contribution in [0.2, 0.25) is 0 Å². The van der Waals surface area contributed by atoms with Gasteiger partial charge in [-0.2, -0.15) is 0 Å². The zero-order chi connectivity index (χ0) is 17.4. The Morgan fingerprint density at radius 1 is 1.24 bits per heavy atom. The van der Waals surface area contributed by atoms with Gasteiger partial charge in [-0.25, -0.2) is 0 Å². The summed E-state index contributed by atoms with van der Waals surface area (Å²) >= 11 is 0. The minimum Gasteiger partial charge on any atom is -0.377 e. The van der Waals surface area contributed by atoms with Crippen molar-refractivity contribution < 1.29 is 9.63 Å². The van der Waals surface area contributed by atoms with Gasteiger partial charge in [0.25, 0.3) is 0 Å². The van der Waals surface area contributed by atoms with E-state index < -0.39 is 5.60 Å². The molecule has 0 spiro atoms. The summed E-state index contributed by atoms with van der Waals surface area (Å²) in [6.07, 6.45) is 17.4. The lowest BCUT2D eigenvalue weighted by Gasteiger charge is -2.58. The third-order valence-corrected chi connectivity index (χ3v) is 8.67. The second kappa shape index (κ2) is 4.80. The van der Waals surface area contributed by atoms with Crippen molar-refractivity contribution >= 4 is 6.08 Å². The fourth-order valence-corrected chi connectivity index (χ4v) is 7.14. The lowest BCUT2D eigenvalue weighted by molar-refractivity contribution is -0.0975. The van der Waals surface area contributed by atoms with Gasteiger partial charge < -0.3 is 9.63 Å². The summed E-state index contributed by atoms with van der Waals surface area (Å²) in [5.74, 6) is 5.64. The molecule has 132 valence electrons. The highest BCUT2D eigenvalue weighted by molar-refractivity contribution is 5.57. The quantitative estimate of drug-likeness (QED) is 0.721. The van der Waals surface area contributed by atoms with E-state index in [1.807, 2.05) is 6.20 Å². The van der Waals surface area contributed by atoms with E-state index in [0.717, 1.165) is 44.3 Å². The minimum atomic E-state index is -0.909. The van der Waals surface area contributed by atoms with Gasteiger partial charge in [0.1, 0.15) is 5.60 Å². The average Bonchev–Trinajstić information content (AvgIpc) is 3.14. The molecule has 0 saturated heterocycles. The van der Waals surface area contributed by atoms with Crippen LogP contribution in [0, 0.1) is 40.9 Å². The molecule has 25 heavy (non-hydrogen) atoms. The van der Waals surface area contributed by atoms with Crippen LogP contribution in [0.1, 0.15) is 63.7 Å². The van der Waals surface area contributed by atoms with Crippen LogP contribution in [0.25, 0.3) is 6.08 Å². The molecule has 3 fully saturated rings. The fourth-order valence-electron chi connectivity index (χ4n) is 7.14. The molecule has 4 aliphatic rings. The van der Waals surface area contributed by atoms with Gasteiger partial charge in [0.05, 0.1) is 6.20 Å². The first kappa shape index (κ1) is 15.7. The summed E-state index contributed by atoms with van der Waals surface area (Å²) in [4.78, 5) is 0. The second-order valence-corrected chi connectivity index (χ2v) is 9.39. The molecule has 6 atom stereocenters. The van der Waals surface area contributed by atoms with E-state index in [1.54, 1.807) is 5.57 Å². The number of aliphatic hydroxyl groups is 1. The maximum absolute atomic E-state index is 11.1. The number of fused-ring (bicyclic) bond motifs is 6. The minimum absolute atomic E-state index is 0.114. The van der Waals surface area contributed by atoms with Crippen LogP contribution in [0.5, 0.6) is 0 Å². The summed E-state index contributed by atoms with van der Waals surface area (Å²) in [7, 11) is 0. The van der Waals surface area contributed by atoms with Crippen LogP contribution in [0.4, 0.5) is 0 Å². The summed E-state index contributed by atoms with van der Waals surface area (Å²) in [6.45, 7) is 4.71. The van der Waals surface area contributed by atoms with E-state index >= 15 is 0 Å². The SMILES string of the molecule is C#C[C@]1(O)CC[C@@H]2[C@@H]3CCC4=Cc5oncc5C[C@]4(C)[C@@H]3CC[C@@]21C. The molecule has 0 radical (unpaired) electrons. The predicted octanol–water partition coefficient (Wildman–Crippen LogP) is 4.22. The first-order chi connectivity index (χ1) is 11.9. The third kappa shape index (κ3) is 1.79. The van der Waals surface area contributed by atoms with E-state index in [0.29, 0.717) is 17.8 Å². The highest BCUT2D eigenvalue weighted by atomic mass is 16.5. The number of hydrogen-bond acceptors (Lipinski definition) is 3. The molecule has 1 N–H and O–H groups in total. The number of allylic oxidation sites excluding steroid dienone is 1. The molecule has 0 aliphatic heterocycles. The molecule has 1 heterocycles. The molecule has 3 heteroatoms. The Balaban J connectivity index is 1.53. The molecule has 3 nitrogen and oxygen atoms in total. The van der Waals surface area contributed by atoms with Crippen molar-refractivity contribution in [2.24, 2.45) is 28.6 Å². The lowest BCUT2D eigenvalue weighted by atomic mass is 9.46. The van der Waals surface area contributed by atoms with Crippen LogP contribution in [0.15, 0.2) is 16.3 Å². The number of rotatable bonds is 0. The third-order valence-electron chi connectivity index (χ3n) is 8.67. The first-order valence-corrected chi connectivity index (χ1v) is 9.76. The van der Waals surface area contributed by atoms with E-state index in [-0.39, 0.29) is 10.8 Å². The van der Waals surface area contributed by atoms with Crippen molar-refractivity contribution in [1.82, 2.24) is 5.16 Å². The fraction of sp³-hybridized carbons (Fsp3) is 0.682. The topological polar surface area (TPSA) is 46.3 Å².